The van der Waals surface area contributed by atoms with Gasteiger partial charge in [0.25, 0.3) is 5.91 Å². The number of rotatable bonds is 7. The Morgan fingerprint density at radius 3 is 2.79 bits per heavy atom. The average Bonchev–Trinajstić information content (AvgIpc) is 2.75. The highest BCUT2D eigenvalue weighted by Crippen LogP contribution is 2.19. The van der Waals surface area contributed by atoms with Crippen LogP contribution in [-0.4, -0.2) is 30.7 Å². The molecule has 0 bridgehead atoms. The first-order valence-electron chi connectivity index (χ1n) is 6.52. The average molecular weight is 331 g/mol. The molecule has 1 heterocycles. The molecule has 0 aromatic carbocycles. The van der Waals surface area contributed by atoms with Crippen molar-refractivity contribution in [2.45, 2.75) is 33.7 Å². The number of nitrogens with one attached hydrogen (secondary N) is 1. The fraction of sp³-hybridized carbons (Fsp3) is 0.643. The van der Waals surface area contributed by atoms with Crippen LogP contribution in [0, 0.1) is 5.41 Å². The summed E-state index contributed by atoms with van der Waals surface area (Å²) in [7, 11) is 1.69. The Kier molecular flexibility index (Phi) is 6.07. The van der Waals surface area contributed by atoms with Crippen LogP contribution in [0.1, 0.15) is 37.7 Å². The summed E-state index contributed by atoms with van der Waals surface area (Å²) in [6.07, 6.45) is 2.84. The third-order valence-corrected chi connectivity index (χ3v) is 3.58. The molecule has 4 nitrogen and oxygen atoms in total. The maximum Gasteiger partial charge on any atom is 0.267 e. The highest BCUT2D eigenvalue weighted by atomic mass is 79.9. The van der Waals surface area contributed by atoms with E-state index in [1.165, 1.54) is 0 Å². The molecule has 0 atom stereocenters. The zero-order chi connectivity index (χ0) is 14.5. The third kappa shape index (κ3) is 4.99. The van der Waals surface area contributed by atoms with Crippen molar-refractivity contribution in [3.05, 3.63) is 22.4 Å². The van der Waals surface area contributed by atoms with Gasteiger partial charge in [0, 0.05) is 37.5 Å². The second-order valence-electron chi connectivity index (χ2n) is 5.42. The molecule has 0 unspecified atom stereocenters. The summed E-state index contributed by atoms with van der Waals surface area (Å²) in [6.45, 7) is 8.40. The van der Waals surface area contributed by atoms with E-state index in [0.29, 0.717) is 18.8 Å². The Morgan fingerprint density at radius 2 is 2.21 bits per heavy atom. The quantitative estimate of drug-likeness (QED) is 0.834. The molecule has 1 N–H and O–H groups in total. The Balaban J connectivity index is 2.60. The van der Waals surface area contributed by atoms with Crippen molar-refractivity contribution in [1.82, 2.24) is 9.88 Å². The summed E-state index contributed by atoms with van der Waals surface area (Å²) in [4.78, 5) is 12.2. The Labute approximate surface area is 123 Å². The molecule has 0 radical (unpaired) electrons. The van der Waals surface area contributed by atoms with Gasteiger partial charge in [-0.2, -0.15) is 0 Å². The van der Waals surface area contributed by atoms with E-state index in [1.54, 1.807) is 7.11 Å². The lowest BCUT2D eigenvalue weighted by atomic mass is 9.89. The van der Waals surface area contributed by atoms with Gasteiger partial charge in [0.15, 0.2) is 0 Å². The van der Waals surface area contributed by atoms with E-state index in [9.17, 15) is 4.79 Å². The topological polar surface area (TPSA) is 43.3 Å². The number of aromatic nitrogens is 1. The van der Waals surface area contributed by atoms with Crippen molar-refractivity contribution in [3.8, 4) is 0 Å². The van der Waals surface area contributed by atoms with Crippen LogP contribution < -0.4 is 5.32 Å². The minimum Gasteiger partial charge on any atom is -0.385 e. The SMILES string of the molecule is CCn1cc(Br)cc1C(=O)NCC(C)(C)CCOC. The van der Waals surface area contributed by atoms with Gasteiger partial charge in [0.1, 0.15) is 5.69 Å². The van der Waals surface area contributed by atoms with Gasteiger partial charge in [0.2, 0.25) is 0 Å². The van der Waals surface area contributed by atoms with E-state index < -0.39 is 0 Å². The number of ether oxygens (including phenoxy) is 1. The summed E-state index contributed by atoms with van der Waals surface area (Å²) in [5.41, 5.74) is 0.726. The minimum atomic E-state index is -0.0296. The molecular formula is C14H23BrN2O2. The lowest BCUT2D eigenvalue weighted by Crippen LogP contribution is -2.35. The van der Waals surface area contributed by atoms with E-state index in [-0.39, 0.29) is 11.3 Å². The molecule has 1 aromatic rings. The number of amides is 1. The smallest absolute Gasteiger partial charge is 0.267 e. The molecule has 0 spiro atoms. The minimum absolute atomic E-state index is 0.0296. The third-order valence-electron chi connectivity index (χ3n) is 3.15. The molecule has 1 rings (SSSR count). The van der Waals surface area contributed by atoms with Gasteiger partial charge in [-0.1, -0.05) is 13.8 Å². The highest BCUT2D eigenvalue weighted by Gasteiger charge is 2.20. The van der Waals surface area contributed by atoms with Crippen LogP contribution in [0.25, 0.3) is 0 Å². The predicted molar refractivity (Wildman–Crippen MR) is 80.4 cm³/mol. The monoisotopic (exact) mass is 330 g/mol. The zero-order valence-corrected chi connectivity index (χ0v) is 13.7. The molecule has 0 saturated carbocycles. The van der Waals surface area contributed by atoms with Crippen LogP contribution in [-0.2, 0) is 11.3 Å². The van der Waals surface area contributed by atoms with E-state index in [2.05, 4.69) is 35.1 Å². The summed E-state index contributed by atoms with van der Waals surface area (Å²) < 4.78 is 7.95. The van der Waals surface area contributed by atoms with Gasteiger partial charge in [-0.05, 0) is 40.8 Å². The number of halogens is 1. The predicted octanol–water partition coefficient (Wildman–Crippen LogP) is 3.06. The summed E-state index contributed by atoms with van der Waals surface area (Å²) in [5.74, 6) is -0.0296. The number of methoxy groups -OCH3 is 1. The van der Waals surface area contributed by atoms with Gasteiger partial charge in [0.05, 0.1) is 0 Å². The van der Waals surface area contributed by atoms with Crippen molar-refractivity contribution in [2.75, 3.05) is 20.3 Å². The molecule has 1 aromatic heterocycles. The Morgan fingerprint density at radius 1 is 1.53 bits per heavy atom. The highest BCUT2D eigenvalue weighted by molar-refractivity contribution is 9.10. The first kappa shape index (κ1) is 16.2. The van der Waals surface area contributed by atoms with E-state index in [1.807, 2.05) is 23.8 Å². The molecule has 19 heavy (non-hydrogen) atoms. The first-order chi connectivity index (χ1) is 8.89. The van der Waals surface area contributed by atoms with Crippen molar-refractivity contribution < 1.29 is 9.53 Å². The molecule has 0 aliphatic rings. The normalized spacial score (nSPS) is 11.6. The molecule has 108 valence electrons. The molecular weight excluding hydrogens is 308 g/mol. The van der Waals surface area contributed by atoms with Crippen molar-refractivity contribution in [3.63, 3.8) is 0 Å². The van der Waals surface area contributed by atoms with Crippen LogP contribution in [0.3, 0.4) is 0 Å². The standard InChI is InChI=1S/C14H23BrN2O2/c1-5-17-9-11(15)8-12(17)13(18)16-10-14(2,3)6-7-19-4/h8-9H,5-7,10H2,1-4H3,(H,16,18). The van der Waals surface area contributed by atoms with Crippen LogP contribution in [0.4, 0.5) is 0 Å². The number of aryl methyl sites for hydroxylation is 1. The largest absolute Gasteiger partial charge is 0.385 e. The summed E-state index contributed by atoms with van der Waals surface area (Å²) in [5, 5.41) is 3.00. The molecule has 0 saturated heterocycles. The molecule has 5 heteroatoms. The van der Waals surface area contributed by atoms with Crippen molar-refractivity contribution in [2.24, 2.45) is 5.41 Å². The second kappa shape index (κ2) is 7.10. The lowest BCUT2D eigenvalue weighted by Gasteiger charge is -2.24. The number of nitrogens with zero attached hydrogens (tertiary/aromatic N) is 1. The number of hydrogen-bond acceptors (Lipinski definition) is 2. The number of hydrogen-bond donors (Lipinski definition) is 1. The van der Waals surface area contributed by atoms with Gasteiger partial charge in [-0.15, -0.1) is 0 Å². The summed E-state index contributed by atoms with van der Waals surface area (Å²) in [6, 6.07) is 1.85. The fourth-order valence-electron chi connectivity index (χ4n) is 1.80. The van der Waals surface area contributed by atoms with Gasteiger partial charge in [-0.25, -0.2) is 0 Å². The van der Waals surface area contributed by atoms with Gasteiger partial charge in [-0.3, -0.25) is 4.79 Å². The maximum absolute atomic E-state index is 12.2. The first-order valence-corrected chi connectivity index (χ1v) is 7.31. The van der Waals surface area contributed by atoms with Crippen LogP contribution in [0.15, 0.2) is 16.7 Å². The van der Waals surface area contributed by atoms with Gasteiger partial charge >= 0.3 is 0 Å². The van der Waals surface area contributed by atoms with E-state index in [0.717, 1.165) is 17.4 Å². The number of carbonyl (C=O) groups excluding carboxylic acids is 1. The van der Waals surface area contributed by atoms with Crippen LogP contribution in [0.2, 0.25) is 0 Å². The van der Waals surface area contributed by atoms with Crippen LogP contribution >= 0.6 is 15.9 Å². The molecule has 0 aliphatic heterocycles. The maximum atomic E-state index is 12.2. The van der Waals surface area contributed by atoms with Crippen molar-refractivity contribution in [1.29, 1.82) is 0 Å². The summed E-state index contributed by atoms with van der Waals surface area (Å²) >= 11 is 3.40. The second-order valence-corrected chi connectivity index (χ2v) is 6.33. The van der Waals surface area contributed by atoms with E-state index >= 15 is 0 Å². The van der Waals surface area contributed by atoms with E-state index in [4.69, 9.17) is 4.74 Å². The lowest BCUT2D eigenvalue weighted by molar-refractivity contribution is 0.0912. The Bertz CT molecular complexity index is 427. The fourth-order valence-corrected chi connectivity index (χ4v) is 2.27. The molecule has 0 fully saturated rings. The van der Waals surface area contributed by atoms with Crippen LogP contribution in [0.5, 0.6) is 0 Å². The Hall–Kier alpha value is -0.810. The number of carbonyl (C=O) groups is 1. The van der Waals surface area contributed by atoms with Gasteiger partial charge < -0.3 is 14.6 Å². The zero-order valence-electron chi connectivity index (χ0n) is 12.1. The molecule has 1 amide bonds. The molecule has 0 aliphatic carbocycles. The van der Waals surface area contributed by atoms with Crippen molar-refractivity contribution >= 4 is 21.8 Å².